The van der Waals surface area contributed by atoms with Gasteiger partial charge in [-0.15, -0.1) is 10.2 Å². The summed E-state index contributed by atoms with van der Waals surface area (Å²) >= 11 is 1.43. The fourth-order valence-corrected chi connectivity index (χ4v) is 3.99. The number of rotatable bonds is 5. The monoisotopic (exact) mass is 364 g/mol. The Morgan fingerprint density at radius 3 is 2.65 bits per heavy atom. The summed E-state index contributed by atoms with van der Waals surface area (Å²) in [7, 11) is 0. The smallest absolute Gasteiger partial charge is 0.240 e. The van der Waals surface area contributed by atoms with Gasteiger partial charge in [-0.3, -0.25) is 15.0 Å². The van der Waals surface area contributed by atoms with Gasteiger partial charge in [0.1, 0.15) is 5.01 Å². The molecule has 0 saturated heterocycles. The minimum Gasteiger partial charge on any atom is -0.299 e. The topological polar surface area (TPSA) is 58.1 Å². The molecule has 0 saturated carbocycles. The van der Waals surface area contributed by atoms with Gasteiger partial charge in [-0.25, -0.2) is 0 Å². The lowest BCUT2D eigenvalue weighted by molar-refractivity contribution is -0.117. The molecular formula is C20H20N4OS. The summed E-state index contributed by atoms with van der Waals surface area (Å²) in [4.78, 5) is 14.5. The molecule has 0 fully saturated rings. The van der Waals surface area contributed by atoms with Crippen LogP contribution in [-0.4, -0.2) is 34.1 Å². The molecule has 3 aromatic rings. The van der Waals surface area contributed by atoms with Crippen molar-refractivity contribution in [3.8, 4) is 0 Å². The van der Waals surface area contributed by atoms with Crippen LogP contribution in [0.2, 0.25) is 0 Å². The first-order chi connectivity index (χ1) is 12.8. The molecule has 1 aliphatic rings. The van der Waals surface area contributed by atoms with Crippen LogP contribution >= 0.6 is 11.3 Å². The first-order valence-corrected chi connectivity index (χ1v) is 9.53. The van der Waals surface area contributed by atoms with Crippen LogP contribution in [0.15, 0.2) is 54.6 Å². The van der Waals surface area contributed by atoms with Gasteiger partial charge in [0, 0.05) is 19.5 Å². The Bertz CT molecular complexity index is 894. The van der Waals surface area contributed by atoms with Crippen molar-refractivity contribution in [3.63, 3.8) is 0 Å². The average molecular weight is 364 g/mol. The van der Waals surface area contributed by atoms with E-state index >= 15 is 0 Å². The van der Waals surface area contributed by atoms with Crippen molar-refractivity contribution in [1.29, 1.82) is 0 Å². The number of benzene rings is 2. The first kappa shape index (κ1) is 16.9. The number of nitrogens with zero attached hydrogens (tertiary/aromatic N) is 3. The second-order valence-electron chi connectivity index (χ2n) is 6.44. The largest absolute Gasteiger partial charge is 0.299 e. The normalized spacial score (nSPS) is 14.0. The summed E-state index contributed by atoms with van der Waals surface area (Å²) in [6, 6.07) is 18.6. The molecule has 0 atom stereocenters. The van der Waals surface area contributed by atoms with E-state index in [9.17, 15) is 4.79 Å². The van der Waals surface area contributed by atoms with Crippen LogP contribution in [0.1, 0.15) is 21.7 Å². The lowest BCUT2D eigenvalue weighted by Gasteiger charge is -2.27. The van der Waals surface area contributed by atoms with Crippen LogP contribution in [0, 0.1) is 0 Å². The lowest BCUT2D eigenvalue weighted by Crippen LogP contribution is -2.37. The molecule has 26 heavy (non-hydrogen) atoms. The Morgan fingerprint density at radius 1 is 1.04 bits per heavy atom. The summed E-state index contributed by atoms with van der Waals surface area (Å²) in [5.41, 5.74) is 3.89. The fraction of sp³-hybridized carbons (Fsp3) is 0.250. The Hall–Kier alpha value is -2.57. The van der Waals surface area contributed by atoms with E-state index < -0.39 is 0 Å². The number of carbonyl (C=O) groups excluding carboxylic acids is 1. The zero-order chi connectivity index (χ0) is 17.8. The summed E-state index contributed by atoms with van der Waals surface area (Å²) in [6.45, 7) is 2.10. The van der Waals surface area contributed by atoms with E-state index in [1.54, 1.807) is 0 Å². The summed E-state index contributed by atoms with van der Waals surface area (Å²) in [5.74, 6) is -0.0354. The molecule has 0 bridgehead atoms. The zero-order valence-electron chi connectivity index (χ0n) is 14.4. The standard InChI is InChI=1S/C20H20N4OS/c25-18(14-24-11-10-16-8-4-5-9-17(16)13-24)21-20-23-22-19(26-20)12-15-6-2-1-3-7-15/h1-9H,10-14H2,(H,21,23,25). The van der Waals surface area contributed by atoms with Gasteiger partial charge in [-0.2, -0.15) is 0 Å². The number of hydrogen-bond acceptors (Lipinski definition) is 5. The van der Waals surface area contributed by atoms with Crippen molar-refractivity contribution >= 4 is 22.4 Å². The predicted octanol–water partition coefficient (Wildman–Crippen LogP) is 3.13. The quantitative estimate of drug-likeness (QED) is 0.756. The molecule has 2 aromatic carbocycles. The number of hydrogen-bond donors (Lipinski definition) is 1. The van der Waals surface area contributed by atoms with Crippen LogP contribution in [-0.2, 0) is 24.2 Å². The fourth-order valence-electron chi connectivity index (χ4n) is 3.20. The highest BCUT2D eigenvalue weighted by Crippen LogP contribution is 2.20. The van der Waals surface area contributed by atoms with Crippen LogP contribution in [0.3, 0.4) is 0 Å². The van der Waals surface area contributed by atoms with E-state index in [1.807, 2.05) is 18.2 Å². The third kappa shape index (κ3) is 4.15. The molecule has 1 aliphatic heterocycles. The molecule has 1 aromatic heterocycles. The number of carbonyl (C=O) groups is 1. The zero-order valence-corrected chi connectivity index (χ0v) is 15.2. The first-order valence-electron chi connectivity index (χ1n) is 8.71. The third-order valence-corrected chi connectivity index (χ3v) is 5.33. The molecule has 5 nitrogen and oxygen atoms in total. The molecule has 4 rings (SSSR count). The van der Waals surface area contributed by atoms with E-state index in [-0.39, 0.29) is 5.91 Å². The molecule has 2 heterocycles. The average Bonchev–Trinajstić information content (AvgIpc) is 3.09. The second-order valence-corrected chi connectivity index (χ2v) is 7.50. The number of amides is 1. The molecule has 0 radical (unpaired) electrons. The maximum Gasteiger partial charge on any atom is 0.240 e. The summed E-state index contributed by atoms with van der Waals surface area (Å²) < 4.78 is 0. The lowest BCUT2D eigenvalue weighted by atomic mass is 10.00. The van der Waals surface area contributed by atoms with Crippen LogP contribution in [0.5, 0.6) is 0 Å². The highest BCUT2D eigenvalue weighted by molar-refractivity contribution is 7.15. The van der Waals surface area contributed by atoms with Crippen molar-refractivity contribution in [2.75, 3.05) is 18.4 Å². The summed E-state index contributed by atoms with van der Waals surface area (Å²) in [5, 5.41) is 12.6. The number of fused-ring (bicyclic) bond motifs is 1. The van der Waals surface area contributed by atoms with Crippen molar-refractivity contribution in [3.05, 3.63) is 76.3 Å². The Morgan fingerprint density at radius 2 is 1.81 bits per heavy atom. The molecule has 6 heteroatoms. The van der Waals surface area contributed by atoms with Gasteiger partial charge in [0.05, 0.1) is 6.54 Å². The van der Waals surface area contributed by atoms with E-state index in [2.05, 4.69) is 56.8 Å². The van der Waals surface area contributed by atoms with Gasteiger partial charge in [0.25, 0.3) is 0 Å². The van der Waals surface area contributed by atoms with Crippen molar-refractivity contribution < 1.29 is 4.79 Å². The highest BCUT2D eigenvalue weighted by Gasteiger charge is 2.18. The van der Waals surface area contributed by atoms with Crippen LogP contribution in [0.4, 0.5) is 5.13 Å². The van der Waals surface area contributed by atoms with Crippen LogP contribution in [0.25, 0.3) is 0 Å². The van der Waals surface area contributed by atoms with Crippen molar-refractivity contribution in [1.82, 2.24) is 15.1 Å². The molecule has 0 spiro atoms. The number of anilines is 1. The Labute approximate surface area is 156 Å². The number of nitrogens with one attached hydrogen (secondary N) is 1. The van der Waals surface area contributed by atoms with Gasteiger partial charge in [-0.1, -0.05) is 65.9 Å². The van der Waals surface area contributed by atoms with Crippen molar-refractivity contribution in [2.24, 2.45) is 0 Å². The molecule has 1 N–H and O–H groups in total. The molecular weight excluding hydrogens is 344 g/mol. The summed E-state index contributed by atoms with van der Waals surface area (Å²) in [6.07, 6.45) is 1.72. The van der Waals surface area contributed by atoms with Gasteiger partial charge >= 0.3 is 0 Å². The SMILES string of the molecule is O=C(CN1CCc2ccccc2C1)Nc1nnc(Cc2ccccc2)s1. The van der Waals surface area contributed by atoms with Gasteiger partial charge < -0.3 is 0 Å². The number of aromatic nitrogens is 2. The predicted molar refractivity (Wildman–Crippen MR) is 103 cm³/mol. The van der Waals surface area contributed by atoms with E-state index in [1.165, 1.54) is 28.0 Å². The molecule has 0 aliphatic carbocycles. The second kappa shape index (κ2) is 7.76. The maximum absolute atomic E-state index is 12.3. The minimum absolute atomic E-state index is 0.0354. The Balaban J connectivity index is 1.31. The van der Waals surface area contributed by atoms with Crippen LogP contribution < -0.4 is 5.32 Å². The van der Waals surface area contributed by atoms with Gasteiger partial charge in [0.15, 0.2) is 0 Å². The van der Waals surface area contributed by atoms with Gasteiger partial charge in [-0.05, 0) is 23.1 Å². The molecule has 0 unspecified atom stereocenters. The third-order valence-electron chi connectivity index (χ3n) is 4.49. The van der Waals surface area contributed by atoms with E-state index in [0.717, 1.165) is 30.9 Å². The van der Waals surface area contributed by atoms with E-state index in [0.29, 0.717) is 11.7 Å². The molecule has 132 valence electrons. The van der Waals surface area contributed by atoms with Crippen molar-refractivity contribution in [2.45, 2.75) is 19.4 Å². The Kier molecular flexibility index (Phi) is 5.04. The molecule has 1 amide bonds. The van der Waals surface area contributed by atoms with Gasteiger partial charge in [0.2, 0.25) is 11.0 Å². The highest BCUT2D eigenvalue weighted by atomic mass is 32.1. The van der Waals surface area contributed by atoms with E-state index in [4.69, 9.17) is 0 Å². The minimum atomic E-state index is -0.0354. The maximum atomic E-state index is 12.3.